The maximum absolute atomic E-state index is 12.1. The molecular weight excluding hydrogens is 268 g/mol. The minimum Gasteiger partial charge on any atom is -0.465 e. The Kier molecular flexibility index (Phi) is 5.65. The van der Waals surface area contributed by atoms with Gasteiger partial charge in [0, 0.05) is 6.42 Å². The van der Waals surface area contributed by atoms with Crippen LogP contribution in [0.25, 0.3) is 0 Å². The van der Waals surface area contributed by atoms with Crippen molar-refractivity contribution in [3.8, 4) is 0 Å². The van der Waals surface area contributed by atoms with Gasteiger partial charge in [0.25, 0.3) is 0 Å². The van der Waals surface area contributed by atoms with Crippen LogP contribution in [0.15, 0.2) is 0 Å². The molecule has 0 aliphatic carbocycles. The molecule has 19 heavy (non-hydrogen) atoms. The number of carbonyl (C=O) groups is 2. The van der Waals surface area contributed by atoms with Crippen molar-refractivity contribution in [1.29, 1.82) is 5.41 Å². The molecule has 0 bridgehead atoms. The molecule has 0 amide bonds. The Morgan fingerprint density at radius 1 is 1.63 bits per heavy atom. The van der Waals surface area contributed by atoms with Crippen LogP contribution in [0.2, 0.25) is 0 Å². The van der Waals surface area contributed by atoms with E-state index in [0.29, 0.717) is 6.42 Å². The highest BCUT2D eigenvalue weighted by molar-refractivity contribution is 8.14. The van der Waals surface area contributed by atoms with Crippen LogP contribution < -0.4 is 5.73 Å². The molecule has 0 spiro atoms. The molecule has 108 valence electrons. The van der Waals surface area contributed by atoms with E-state index >= 15 is 0 Å². The van der Waals surface area contributed by atoms with E-state index in [0.717, 1.165) is 24.6 Å². The average Bonchev–Trinajstić information content (AvgIpc) is 2.63. The summed E-state index contributed by atoms with van der Waals surface area (Å²) in [5.41, 5.74) is 3.48. The molecule has 0 radical (unpaired) electrons. The van der Waals surface area contributed by atoms with Crippen molar-refractivity contribution in [2.75, 3.05) is 6.61 Å². The highest BCUT2D eigenvalue weighted by atomic mass is 32.2. The SMILES string of the molecule is CCCC[C@@]1(C(=O)OCC)C[C@H](SC(=N)N)OC1=O. The van der Waals surface area contributed by atoms with Gasteiger partial charge < -0.3 is 15.2 Å². The molecule has 0 saturated carbocycles. The second-order valence-electron chi connectivity index (χ2n) is 4.43. The van der Waals surface area contributed by atoms with E-state index in [9.17, 15) is 9.59 Å². The zero-order chi connectivity index (χ0) is 14.5. The summed E-state index contributed by atoms with van der Waals surface area (Å²) in [4.78, 5) is 24.2. The number of amidine groups is 1. The summed E-state index contributed by atoms with van der Waals surface area (Å²) in [6.07, 6.45) is 2.25. The number of thioether (sulfide) groups is 1. The molecule has 1 rings (SSSR count). The number of hydrogen-bond acceptors (Lipinski definition) is 6. The lowest BCUT2D eigenvalue weighted by Gasteiger charge is -2.21. The van der Waals surface area contributed by atoms with Crippen LogP contribution in [-0.2, 0) is 19.1 Å². The van der Waals surface area contributed by atoms with Crippen LogP contribution in [0.1, 0.15) is 39.5 Å². The van der Waals surface area contributed by atoms with Gasteiger partial charge in [-0.2, -0.15) is 0 Å². The predicted octanol–water partition coefficient (Wildman–Crippen LogP) is 1.63. The number of cyclic esters (lactones) is 1. The maximum atomic E-state index is 12.1. The fourth-order valence-corrected chi connectivity index (χ4v) is 2.86. The van der Waals surface area contributed by atoms with Gasteiger partial charge in [-0.05, 0) is 25.1 Å². The van der Waals surface area contributed by atoms with Crippen LogP contribution in [0.4, 0.5) is 0 Å². The number of nitrogens with one attached hydrogen (secondary N) is 1. The van der Waals surface area contributed by atoms with E-state index in [1.54, 1.807) is 6.92 Å². The van der Waals surface area contributed by atoms with Crippen molar-refractivity contribution in [3.63, 3.8) is 0 Å². The third-order valence-electron chi connectivity index (χ3n) is 3.03. The van der Waals surface area contributed by atoms with Gasteiger partial charge in [0.1, 0.15) is 0 Å². The zero-order valence-electron chi connectivity index (χ0n) is 11.2. The lowest BCUT2D eigenvalue weighted by atomic mass is 9.81. The van der Waals surface area contributed by atoms with Crippen molar-refractivity contribution >= 4 is 28.9 Å². The van der Waals surface area contributed by atoms with Crippen LogP contribution in [0.3, 0.4) is 0 Å². The summed E-state index contributed by atoms with van der Waals surface area (Å²) in [6.45, 7) is 3.92. The van der Waals surface area contributed by atoms with Gasteiger partial charge in [0.2, 0.25) is 0 Å². The summed E-state index contributed by atoms with van der Waals surface area (Å²) in [5.74, 6) is -1.08. The van der Waals surface area contributed by atoms with Gasteiger partial charge in [-0.3, -0.25) is 15.0 Å². The van der Waals surface area contributed by atoms with Crippen molar-refractivity contribution in [3.05, 3.63) is 0 Å². The Bertz CT molecular complexity index is 375. The monoisotopic (exact) mass is 288 g/mol. The molecule has 2 atom stereocenters. The molecule has 0 unspecified atom stereocenters. The van der Waals surface area contributed by atoms with E-state index in [-0.39, 0.29) is 18.2 Å². The van der Waals surface area contributed by atoms with Crippen LogP contribution >= 0.6 is 11.8 Å². The van der Waals surface area contributed by atoms with Crippen molar-refractivity contribution < 1.29 is 19.1 Å². The Hall–Kier alpha value is -1.24. The smallest absolute Gasteiger partial charge is 0.324 e. The van der Waals surface area contributed by atoms with Gasteiger partial charge >= 0.3 is 11.9 Å². The first-order chi connectivity index (χ1) is 8.96. The van der Waals surface area contributed by atoms with E-state index in [1.165, 1.54) is 0 Å². The maximum Gasteiger partial charge on any atom is 0.324 e. The van der Waals surface area contributed by atoms with Crippen LogP contribution in [-0.4, -0.2) is 29.1 Å². The zero-order valence-corrected chi connectivity index (χ0v) is 12.0. The van der Waals surface area contributed by atoms with Crippen LogP contribution in [0.5, 0.6) is 0 Å². The topological polar surface area (TPSA) is 102 Å². The summed E-state index contributed by atoms with van der Waals surface area (Å²) < 4.78 is 10.2. The standard InChI is InChI=1S/C12H20N2O4S/c1-3-5-6-12(9(15)17-4-2)7-8(18-10(12)16)19-11(13)14/h8H,3-7H2,1-2H3,(H3,13,14)/t8-,12-/m0/s1. The number of ether oxygens (including phenoxy) is 2. The number of unbranched alkanes of at least 4 members (excludes halogenated alkanes) is 1. The van der Waals surface area contributed by atoms with Crippen molar-refractivity contribution in [2.45, 2.75) is 45.0 Å². The second kappa shape index (κ2) is 6.79. The molecule has 0 aromatic carbocycles. The van der Waals surface area contributed by atoms with Gasteiger partial charge in [-0.1, -0.05) is 19.8 Å². The molecular formula is C12H20N2O4S. The molecule has 7 heteroatoms. The first-order valence-corrected chi connectivity index (χ1v) is 7.23. The Balaban J connectivity index is 2.87. The second-order valence-corrected chi connectivity index (χ2v) is 5.63. The third-order valence-corrected chi connectivity index (χ3v) is 3.81. The molecule has 3 N–H and O–H groups in total. The highest BCUT2D eigenvalue weighted by Crippen LogP contribution is 2.43. The van der Waals surface area contributed by atoms with Gasteiger partial charge in [-0.25, -0.2) is 0 Å². The largest absolute Gasteiger partial charge is 0.465 e. The van der Waals surface area contributed by atoms with Gasteiger partial charge in [-0.15, -0.1) is 0 Å². The normalized spacial score (nSPS) is 26.0. The average molecular weight is 288 g/mol. The first-order valence-electron chi connectivity index (χ1n) is 6.35. The van der Waals surface area contributed by atoms with Crippen molar-refractivity contribution in [2.24, 2.45) is 11.1 Å². The number of nitrogens with two attached hydrogens (primary N) is 1. The molecule has 1 aliphatic rings. The fourth-order valence-electron chi connectivity index (χ4n) is 2.07. The van der Waals surface area contributed by atoms with Crippen LogP contribution in [0, 0.1) is 10.8 Å². The number of hydrogen-bond donors (Lipinski definition) is 2. The molecule has 6 nitrogen and oxygen atoms in total. The molecule has 1 saturated heterocycles. The van der Waals surface area contributed by atoms with Crippen molar-refractivity contribution in [1.82, 2.24) is 0 Å². The first kappa shape index (κ1) is 15.8. The van der Waals surface area contributed by atoms with Gasteiger partial charge in [0.05, 0.1) is 6.61 Å². The Morgan fingerprint density at radius 3 is 2.84 bits per heavy atom. The fraction of sp³-hybridized carbons (Fsp3) is 0.750. The summed E-state index contributed by atoms with van der Waals surface area (Å²) in [6, 6.07) is 0. The summed E-state index contributed by atoms with van der Waals surface area (Å²) in [7, 11) is 0. The predicted molar refractivity (Wildman–Crippen MR) is 72.6 cm³/mol. The quantitative estimate of drug-likeness (QED) is 0.333. The third kappa shape index (κ3) is 3.62. The number of rotatable bonds is 6. The lowest BCUT2D eigenvalue weighted by molar-refractivity contribution is -0.165. The van der Waals surface area contributed by atoms with E-state index in [2.05, 4.69) is 0 Å². The molecule has 1 heterocycles. The highest BCUT2D eigenvalue weighted by Gasteiger charge is 2.55. The summed E-state index contributed by atoms with van der Waals surface area (Å²) >= 11 is 0.947. The number of carbonyl (C=O) groups excluding carboxylic acids is 2. The van der Waals surface area contributed by atoms with Gasteiger partial charge in [0.15, 0.2) is 16.0 Å². The Labute approximate surface area is 116 Å². The molecule has 1 aliphatic heterocycles. The lowest BCUT2D eigenvalue weighted by Crippen LogP contribution is -2.37. The number of esters is 2. The minimum atomic E-state index is -1.22. The molecule has 0 aromatic rings. The van der Waals surface area contributed by atoms with E-state index in [1.807, 2.05) is 6.92 Å². The summed E-state index contributed by atoms with van der Waals surface area (Å²) in [5, 5.41) is 7.08. The molecule has 0 aromatic heterocycles. The minimum absolute atomic E-state index is 0.132. The van der Waals surface area contributed by atoms with E-state index < -0.39 is 22.8 Å². The van der Waals surface area contributed by atoms with E-state index in [4.69, 9.17) is 20.6 Å². The Morgan fingerprint density at radius 2 is 2.32 bits per heavy atom. The molecule has 1 fully saturated rings.